The highest BCUT2D eigenvalue weighted by Gasteiger charge is 2.10. The average Bonchev–Trinajstić information content (AvgIpc) is 2.73. The van der Waals surface area contributed by atoms with E-state index in [0.717, 1.165) is 5.56 Å². The molecule has 3 aromatic rings. The van der Waals surface area contributed by atoms with Gasteiger partial charge in [-0.05, 0) is 42.0 Å². The van der Waals surface area contributed by atoms with Crippen molar-refractivity contribution in [2.45, 2.75) is 6.54 Å². The van der Waals surface area contributed by atoms with Gasteiger partial charge in [0.25, 0.3) is 5.91 Å². The van der Waals surface area contributed by atoms with Crippen molar-refractivity contribution >= 4 is 17.6 Å². The summed E-state index contributed by atoms with van der Waals surface area (Å²) in [5.74, 6) is -0.0680. The average molecular weight is 378 g/mol. The largest absolute Gasteiger partial charge is 0.497 e. The van der Waals surface area contributed by atoms with Crippen LogP contribution in [0.2, 0.25) is 0 Å². The Morgan fingerprint density at radius 1 is 1.14 bits per heavy atom. The zero-order valence-electron chi connectivity index (χ0n) is 15.2. The molecule has 7 heteroatoms. The second-order valence-electron chi connectivity index (χ2n) is 5.85. The predicted molar refractivity (Wildman–Crippen MR) is 106 cm³/mol. The number of carbonyl (C=O) groups is 1. The van der Waals surface area contributed by atoms with Crippen LogP contribution in [0.1, 0.15) is 15.9 Å². The van der Waals surface area contributed by atoms with Crippen LogP contribution in [-0.4, -0.2) is 24.0 Å². The summed E-state index contributed by atoms with van der Waals surface area (Å²) in [6.07, 6.45) is 3.37. The maximum absolute atomic E-state index is 13.4. The molecule has 0 aliphatic rings. The SMILES string of the molecule is COc1cccc(NC(=NCc2cccnc2)NC(=O)c2cccc(F)c2)c1. The highest BCUT2D eigenvalue weighted by Crippen LogP contribution is 2.16. The Bertz CT molecular complexity index is 977. The van der Waals surface area contributed by atoms with Crippen LogP contribution < -0.4 is 15.4 Å². The third kappa shape index (κ3) is 5.38. The molecule has 1 aromatic heterocycles. The quantitative estimate of drug-likeness (QED) is 0.525. The van der Waals surface area contributed by atoms with Crippen LogP contribution in [0.3, 0.4) is 0 Å². The van der Waals surface area contributed by atoms with Crippen LogP contribution in [0.5, 0.6) is 5.75 Å². The Labute approximate surface area is 162 Å². The van der Waals surface area contributed by atoms with Gasteiger partial charge in [-0.3, -0.25) is 15.1 Å². The normalized spacial score (nSPS) is 11.0. The number of rotatable bonds is 5. The van der Waals surface area contributed by atoms with E-state index >= 15 is 0 Å². The fourth-order valence-electron chi connectivity index (χ4n) is 2.42. The van der Waals surface area contributed by atoms with Crippen LogP contribution in [0, 0.1) is 5.82 Å². The summed E-state index contributed by atoms with van der Waals surface area (Å²) in [6.45, 7) is 0.309. The second kappa shape index (κ2) is 9.27. The maximum atomic E-state index is 13.4. The Morgan fingerprint density at radius 2 is 2.00 bits per heavy atom. The van der Waals surface area contributed by atoms with Gasteiger partial charge in [0, 0.05) is 29.7 Å². The molecule has 0 aliphatic carbocycles. The molecule has 0 bridgehead atoms. The summed E-state index contributed by atoms with van der Waals surface area (Å²) in [5, 5.41) is 5.75. The number of pyridine rings is 1. The van der Waals surface area contributed by atoms with Crippen molar-refractivity contribution in [1.82, 2.24) is 10.3 Å². The number of halogens is 1. The summed E-state index contributed by atoms with van der Waals surface area (Å²) >= 11 is 0. The van der Waals surface area contributed by atoms with Crippen LogP contribution in [0.15, 0.2) is 78.0 Å². The summed E-state index contributed by atoms with van der Waals surface area (Å²) in [6, 6.07) is 16.4. The number of aromatic nitrogens is 1. The molecule has 1 heterocycles. The molecule has 0 unspecified atom stereocenters. The Hall–Kier alpha value is -3.74. The highest BCUT2D eigenvalue weighted by atomic mass is 19.1. The molecule has 0 saturated heterocycles. The summed E-state index contributed by atoms with van der Waals surface area (Å²) < 4.78 is 18.6. The first-order valence-electron chi connectivity index (χ1n) is 8.55. The van der Waals surface area contributed by atoms with Crippen LogP contribution >= 0.6 is 0 Å². The number of carbonyl (C=O) groups excluding carboxylic acids is 1. The fourth-order valence-corrected chi connectivity index (χ4v) is 2.42. The van der Waals surface area contributed by atoms with Gasteiger partial charge in [0.15, 0.2) is 0 Å². The van der Waals surface area contributed by atoms with E-state index in [1.54, 1.807) is 25.6 Å². The van der Waals surface area contributed by atoms with Crippen molar-refractivity contribution in [2.24, 2.45) is 4.99 Å². The summed E-state index contributed by atoms with van der Waals surface area (Å²) in [7, 11) is 1.57. The van der Waals surface area contributed by atoms with Gasteiger partial charge in [-0.15, -0.1) is 0 Å². The molecular weight excluding hydrogens is 359 g/mol. The van der Waals surface area contributed by atoms with E-state index in [1.165, 1.54) is 24.3 Å². The van der Waals surface area contributed by atoms with Gasteiger partial charge in [-0.25, -0.2) is 9.38 Å². The van der Waals surface area contributed by atoms with Gasteiger partial charge in [-0.1, -0.05) is 18.2 Å². The number of nitrogens with zero attached hydrogens (tertiary/aromatic N) is 2. The highest BCUT2D eigenvalue weighted by molar-refractivity contribution is 6.10. The number of hydrogen-bond acceptors (Lipinski definition) is 4. The van der Waals surface area contributed by atoms with E-state index in [1.807, 2.05) is 30.3 Å². The summed E-state index contributed by atoms with van der Waals surface area (Å²) in [4.78, 5) is 21.0. The van der Waals surface area contributed by atoms with Crippen molar-refractivity contribution in [1.29, 1.82) is 0 Å². The van der Waals surface area contributed by atoms with Crippen molar-refractivity contribution in [3.05, 3.63) is 90.0 Å². The molecule has 0 atom stereocenters. The molecule has 0 saturated carbocycles. The number of ether oxygens (including phenoxy) is 1. The van der Waals surface area contributed by atoms with Crippen LogP contribution in [0.4, 0.5) is 10.1 Å². The van der Waals surface area contributed by atoms with Gasteiger partial charge in [0.2, 0.25) is 5.96 Å². The number of hydrogen-bond donors (Lipinski definition) is 2. The minimum absolute atomic E-state index is 0.196. The van der Waals surface area contributed by atoms with Gasteiger partial charge < -0.3 is 10.1 Å². The maximum Gasteiger partial charge on any atom is 0.258 e. The number of benzene rings is 2. The number of methoxy groups -OCH3 is 1. The molecule has 28 heavy (non-hydrogen) atoms. The number of amides is 1. The van der Waals surface area contributed by atoms with Crippen molar-refractivity contribution in [3.8, 4) is 5.75 Å². The molecule has 1 amide bonds. The predicted octanol–water partition coefficient (Wildman–Crippen LogP) is 3.63. The zero-order valence-corrected chi connectivity index (χ0v) is 15.2. The molecule has 0 aliphatic heterocycles. The molecule has 0 spiro atoms. The van der Waals surface area contributed by atoms with E-state index in [2.05, 4.69) is 20.6 Å². The lowest BCUT2D eigenvalue weighted by Crippen LogP contribution is -2.36. The third-order valence-electron chi connectivity index (χ3n) is 3.79. The first kappa shape index (κ1) is 19.0. The number of anilines is 1. The topological polar surface area (TPSA) is 75.6 Å². The minimum Gasteiger partial charge on any atom is -0.497 e. The Kier molecular flexibility index (Phi) is 6.30. The van der Waals surface area contributed by atoms with Gasteiger partial charge in [0.05, 0.1) is 13.7 Å². The Balaban J connectivity index is 1.81. The summed E-state index contributed by atoms with van der Waals surface area (Å²) in [5.41, 5.74) is 1.76. The molecule has 0 fully saturated rings. The smallest absolute Gasteiger partial charge is 0.258 e. The molecule has 0 radical (unpaired) electrons. The lowest BCUT2D eigenvalue weighted by atomic mass is 10.2. The van der Waals surface area contributed by atoms with Gasteiger partial charge >= 0.3 is 0 Å². The second-order valence-corrected chi connectivity index (χ2v) is 5.85. The third-order valence-corrected chi connectivity index (χ3v) is 3.79. The molecule has 6 nitrogen and oxygen atoms in total. The van der Waals surface area contributed by atoms with E-state index in [4.69, 9.17) is 4.74 Å². The molecular formula is C21H19FN4O2. The molecule has 3 rings (SSSR count). The first-order chi connectivity index (χ1) is 13.6. The monoisotopic (exact) mass is 378 g/mol. The fraction of sp³-hybridized carbons (Fsp3) is 0.0952. The zero-order chi connectivity index (χ0) is 19.8. The van der Waals surface area contributed by atoms with E-state index in [9.17, 15) is 9.18 Å². The molecule has 2 aromatic carbocycles. The lowest BCUT2D eigenvalue weighted by Gasteiger charge is -2.13. The van der Waals surface area contributed by atoms with E-state index < -0.39 is 11.7 Å². The molecule has 2 N–H and O–H groups in total. The van der Waals surface area contributed by atoms with Crippen LogP contribution in [0.25, 0.3) is 0 Å². The Morgan fingerprint density at radius 3 is 2.75 bits per heavy atom. The van der Waals surface area contributed by atoms with Gasteiger partial charge in [0.1, 0.15) is 11.6 Å². The van der Waals surface area contributed by atoms with E-state index in [0.29, 0.717) is 18.0 Å². The van der Waals surface area contributed by atoms with Crippen molar-refractivity contribution in [2.75, 3.05) is 12.4 Å². The van der Waals surface area contributed by atoms with Crippen molar-refractivity contribution in [3.63, 3.8) is 0 Å². The number of aliphatic imine (C=N–C) groups is 1. The van der Waals surface area contributed by atoms with E-state index in [-0.39, 0.29) is 11.5 Å². The van der Waals surface area contributed by atoms with Gasteiger partial charge in [-0.2, -0.15) is 0 Å². The van der Waals surface area contributed by atoms with Crippen molar-refractivity contribution < 1.29 is 13.9 Å². The lowest BCUT2D eigenvalue weighted by molar-refractivity contribution is 0.0976. The number of nitrogens with one attached hydrogen (secondary N) is 2. The minimum atomic E-state index is -0.484. The van der Waals surface area contributed by atoms with Crippen LogP contribution in [-0.2, 0) is 6.54 Å². The standard InChI is InChI=1S/C21H19FN4O2/c1-28-19-9-3-8-18(12-19)25-21(24-14-15-5-4-10-23-13-15)26-20(27)16-6-2-7-17(22)11-16/h2-13H,14H2,1H3,(H2,24,25,26,27). The molecule has 142 valence electrons. The first-order valence-corrected chi connectivity index (χ1v) is 8.55. The number of guanidine groups is 1.